The van der Waals surface area contributed by atoms with E-state index in [1.165, 1.54) is 12.4 Å². The van der Waals surface area contributed by atoms with Crippen LogP contribution in [0.5, 0.6) is 0 Å². The van der Waals surface area contributed by atoms with Crippen molar-refractivity contribution in [2.24, 2.45) is 0 Å². The number of carbonyl (C=O) groups is 1. The number of hydrogen-bond donors (Lipinski definition) is 1. The van der Waals surface area contributed by atoms with Crippen molar-refractivity contribution in [2.45, 2.75) is 12.8 Å². The molecule has 0 aromatic carbocycles. The van der Waals surface area contributed by atoms with Crippen molar-refractivity contribution in [3.05, 3.63) is 18.2 Å². The third kappa shape index (κ3) is 2.70. The molecule has 5 nitrogen and oxygen atoms in total. The number of aryl methyl sites for hydroxylation is 1. The summed E-state index contributed by atoms with van der Waals surface area (Å²) in [6.07, 6.45) is 3.32. The summed E-state index contributed by atoms with van der Waals surface area (Å²) < 4.78 is 0. The Bertz CT molecular complexity index is 237. The van der Waals surface area contributed by atoms with Crippen molar-refractivity contribution >= 4 is 5.97 Å². The Labute approximate surface area is 63.1 Å². The lowest BCUT2D eigenvalue weighted by atomic mass is 10.3. The van der Waals surface area contributed by atoms with Crippen molar-refractivity contribution in [3.8, 4) is 0 Å². The third-order valence-electron chi connectivity index (χ3n) is 1.09. The molecule has 0 radical (unpaired) electrons. The van der Waals surface area contributed by atoms with E-state index in [0.717, 1.165) is 0 Å². The molecule has 0 aliphatic heterocycles. The Hall–Kier alpha value is -1.52. The highest BCUT2D eigenvalue weighted by molar-refractivity contribution is 5.66. The van der Waals surface area contributed by atoms with Gasteiger partial charge in [0.25, 0.3) is 0 Å². The van der Waals surface area contributed by atoms with Gasteiger partial charge in [0.05, 0.1) is 12.6 Å². The molecule has 0 fully saturated rings. The van der Waals surface area contributed by atoms with Gasteiger partial charge in [-0.25, -0.2) is 4.98 Å². The average molecular weight is 153 g/mol. The molecule has 0 saturated heterocycles. The number of rotatable bonds is 3. The molecule has 0 spiro atoms. The molecular formula is C6H7N3O2. The van der Waals surface area contributed by atoms with Crippen molar-refractivity contribution in [3.63, 3.8) is 0 Å². The molecule has 0 bridgehead atoms. The van der Waals surface area contributed by atoms with E-state index < -0.39 is 5.97 Å². The molecule has 1 heterocycles. The summed E-state index contributed by atoms with van der Waals surface area (Å²) >= 11 is 0. The normalized spacial score (nSPS) is 9.45. The van der Waals surface area contributed by atoms with E-state index in [2.05, 4.69) is 15.2 Å². The fourth-order valence-electron chi connectivity index (χ4n) is 0.608. The monoisotopic (exact) mass is 153 g/mol. The number of nitrogens with zero attached hydrogens (tertiary/aromatic N) is 3. The molecule has 5 heteroatoms. The summed E-state index contributed by atoms with van der Waals surface area (Å²) in [5, 5.41) is 15.5. The molecular weight excluding hydrogens is 146 g/mol. The molecule has 1 aromatic heterocycles. The van der Waals surface area contributed by atoms with Gasteiger partial charge in [-0.2, -0.15) is 5.10 Å². The first-order valence-electron chi connectivity index (χ1n) is 3.13. The number of aromatic nitrogens is 3. The Morgan fingerprint density at radius 3 is 2.91 bits per heavy atom. The molecule has 1 N–H and O–H groups in total. The van der Waals surface area contributed by atoms with Gasteiger partial charge in [0.2, 0.25) is 0 Å². The lowest BCUT2D eigenvalue weighted by Crippen LogP contribution is -2.01. The maximum absolute atomic E-state index is 10.1. The highest BCUT2D eigenvalue weighted by Gasteiger charge is 1.99. The van der Waals surface area contributed by atoms with Crippen LogP contribution in [-0.2, 0) is 11.2 Å². The van der Waals surface area contributed by atoms with Crippen LogP contribution in [0.2, 0.25) is 0 Å². The maximum atomic E-state index is 10.1. The van der Waals surface area contributed by atoms with E-state index in [1.54, 1.807) is 0 Å². The Morgan fingerprint density at radius 2 is 2.36 bits per heavy atom. The van der Waals surface area contributed by atoms with E-state index in [4.69, 9.17) is 5.11 Å². The van der Waals surface area contributed by atoms with Crippen LogP contribution in [0.15, 0.2) is 12.4 Å². The zero-order valence-corrected chi connectivity index (χ0v) is 5.77. The van der Waals surface area contributed by atoms with Gasteiger partial charge in [0.15, 0.2) is 5.82 Å². The van der Waals surface area contributed by atoms with E-state index >= 15 is 0 Å². The van der Waals surface area contributed by atoms with Crippen LogP contribution < -0.4 is 0 Å². The van der Waals surface area contributed by atoms with E-state index in [0.29, 0.717) is 12.2 Å². The van der Waals surface area contributed by atoms with Gasteiger partial charge >= 0.3 is 5.97 Å². The highest BCUT2D eigenvalue weighted by atomic mass is 16.4. The van der Waals surface area contributed by atoms with Crippen molar-refractivity contribution in [2.75, 3.05) is 0 Å². The molecule has 0 unspecified atom stereocenters. The molecule has 0 saturated carbocycles. The van der Waals surface area contributed by atoms with E-state index in [-0.39, 0.29) is 6.42 Å². The highest BCUT2D eigenvalue weighted by Crippen LogP contribution is 1.91. The van der Waals surface area contributed by atoms with Crippen LogP contribution in [0.4, 0.5) is 0 Å². The van der Waals surface area contributed by atoms with Crippen molar-refractivity contribution < 1.29 is 9.90 Å². The Kier molecular flexibility index (Phi) is 2.48. The minimum atomic E-state index is -0.850. The van der Waals surface area contributed by atoms with Gasteiger partial charge in [-0.3, -0.25) is 4.79 Å². The zero-order chi connectivity index (χ0) is 8.10. The molecule has 0 atom stereocenters. The molecule has 11 heavy (non-hydrogen) atoms. The van der Waals surface area contributed by atoms with Gasteiger partial charge < -0.3 is 5.11 Å². The number of carboxylic acid groups (broad SMARTS) is 1. The Balaban J connectivity index is 2.45. The van der Waals surface area contributed by atoms with Gasteiger partial charge in [-0.1, -0.05) is 0 Å². The van der Waals surface area contributed by atoms with E-state index in [1.807, 2.05) is 0 Å². The topological polar surface area (TPSA) is 76.0 Å². The summed E-state index contributed by atoms with van der Waals surface area (Å²) in [5.41, 5.74) is 0. The van der Waals surface area contributed by atoms with E-state index in [9.17, 15) is 4.79 Å². The summed E-state index contributed by atoms with van der Waals surface area (Å²) in [6, 6.07) is 0. The number of carboxylic acids is 1. The van der Waals surface area contributed by atoms with Crippen LogP contribution in [-0.4, -0.2) is 26.3 Å². The van der Waals surface area contributed by atoms with Crippen LogP contribution in [0, 0.1) is 0 Å². The van der Waals surface area contributed by atoms with Crippen LogP contribution in [0.3, 0.4) is 0 Å². The van der Waals surface area contributed by atoms with Crippen molar-refractivity contribution in [1.29, 1.82) is 0 Å². The first-order chi connectivity index (χ1) is 5.29. The largest absolute Gasteiger partial charge is 0.481 e. The van der Waals surface area contributed by atoms with Crippen LogP contribution in [0.25, 0.3) is 0 Å². The Morgan fingerprint density at radius 1 is 1.55 bits per heavy atom. The third-order valence-corrected chi connectivity index (χ3v) is 1.09. The summed E-state index contributed by atoms with van der Waals surface area (Å²) in [7, 11) is 0. The second-order valence-electron chi connectivity index (χ2n) is 1.95. The first kappa shape index (κ1) is 7.59. The fraction of sp³-hybridized carbons (Fsp3) is 0.333. The smallest absolute Gasteiger partial charge is 0.303 e. The first-order valence-corrected chi connectivity index (χ1v) is 3.13. The summed E-state index contributed by atoms with van der Waals surface area (Å²) in [5.74, 6) is -0.382. The van der Waals surface area contributed by atoms with Crippen molar-refractivity contribution in [1.82, 2.24) is 15.2 Å². The predicted octanol–water partition coefficient (Wildman–Crippen LogP) is -0.111. The van der Waals surface area contributed by atoms with Gasteiger partial charge in [-0.05, 0) is 0 Å². The molecule has 0 aliphatic rings. The second kappa shape index (κ2) is 3.60. The maximum Gasteiger partial charge on any atom is 0.303 e. The lowest BCUT2D eigenvalue weighted by molar-refractivity contribution is -0.137. The quantitative estimate of drug-likeness (QED) is 0.655. The standard InChI is InChI=1S/C6H7N3O2/c10-6(11)2-1-5-7-3-4-8-9-5/h3-4H,1-2H2,(H,10,11). The second-order valence-corrected chi connectivity index (χ2v) is 1.95. The van der Waals surface area contributed by atoms with Crippen LogP contribution in [0.1, 0.15) is 12.2 Å². The van der Waals surface area contributed by atoms with Crippen LogP contribution >= 0.6 is 0 Å². The number of aliphatic carboxylic acids is 1. The summed E-state index contributed by atoms with van der Waals surface area (Å²) in [6.45, 7) is 0. The molecule has 58 valence electrons. The fourth-order valence-corrected chi connectivity index (χ4v) is 0.608. The zero-order valence-electron chi connectivity index (χ0n) is 5.77. The SMILES string of the molecule is O=C(O)CCc1nccnn1. The molecule has 0 amide bonds. The summed E-state index contributed by atoms with van der Waals surface area (Å²) in [4.78, 5) is 13.9. The average Bonchev–Trinajstić information content (AvgIpc) is 2.03. The minimum Gasteiger partial charge on any atom is -0.481 e. The lowest BCUT2D eigenvalue weighted by Gasteiger charge is -1.92. The van der Waals surface area contributed by atoms with Gasteiger partial charge in [0.1, 0.15) is 0 Å². The predicted molar refractivity (Wildman–Crippen MR) is 35.8 cm³/mol. The molecule has 1 rings (SSSR count). The number of hydrogen-bond acceptors (Lipinski definition) is 4. The molecule has 0 aliphatic carbocycles. The molecule has 1 aromatic rings. The minimum absolute atomic E-state index is 0.0473. The van der Waals surface area contributed by atoms with Gasteiger partial charge in [0, 0.05) is 12.6 Å². The van der Waals surface area contributed by atoms with Gasteiger partial charge in [-0.15, -0.1) is 5.10 Å².